The SMILES string of the molecule is CCCC[Te]/C(=C/c1ccccc1)[Si](C)(C)c1ccccc1. The first-order valence-electron chi connectivity index (χ1n) is 8.10. The number of rotatable bonds is 7. The van der Waals surface area contributed by atoms with Gasteiger partial charge in [0.15, 0.2) is 0 Å². The third-order valence-corrected chi connectivity index (χ3v) is 15.1. The average molecular weight is 422 g/mol. The summed E-state index contributed by atoms with van der Waals surface area (Å²) in [5, 5.41) is 1.57. The Kier molecular flexibility index (Phi) is 6.95. The predicted molar refractivity (Wildman–Crippen MR) is 103 cm³/mol. The summed E-state index contributed by atoms with van der Waals surface area (Å²) >= 11 is -0.0658. The van der Waals surface area contributed by atoms with E-state index in [1.54, 1.807) is 8.43 Å². The van der Waals surface area contributed by atoms with Crippen LogP contribution >= 0.6 is 0 Å². The summed E-state index contributed by atoms with van der Waals surface area (Å²) in [6.07, 6.45) is 5.21. The van der Waals surface area contributed by atoms with E-state index in [0.29, 0.717) is 0 Å². The summed E-state index contributed by atoms with van der Waals surface area (Å²) in [5.41, 5.74) is 1.37. The molecule has 0 nitrogen and oxygen atoms in total. The van der Waals surface area contributed by atoms with Gasteiger partial charge in [-0.15, -0.1) is 0 Å². The topological polar surface area (TPSA) is 0 Å². The molecule has 2 rings (SSSR count). The second-order valence-electron chi connectivity index (χ2n) is 6.11. The van der Waals surface area contributed by atoms with Crippen LogP contribution in [0.5, 0.6) is 0 Å². The molecule has 0 radical (unpaired) electrons. The van der Waals surface area contributed by atoms with Crippen LogP contribution in [0.2, 0.25) is 17.6 Å². The Morgan fingerprint density at radius 1 is 0.955 bits per heavy atom. The van der Waals surface area contributed by atoms with Crippen molar-refractivity contribution in [1.82, 2.24) is 0 Å². The molecule has 0 aliphatic carbocycles. The second kappa shape index (κ2) is 8.72. The molecular formula is C20H26SiTe. The van der Waals surface area contributed by atoms with E-state index in [9.17, 15) is 0 Å². The average Bonchev–Trinajstić information content (AvgIpc) is 2.56. The fourth-order valence-corrected chi connectivity index (χ4v) is 11.9. The molecule has 22 heavy (non-hydrogen) atoms. The second-order valence-corrected chi connectivity index (χ2v) is 14.8. The van der Waals surface area contributed by atoms with Gasteiger partial charge in [-0.3, -0.25) is 0 Å². The zero-order valence-electron chi connectivity index (χ0n) is 13.9. The van der Waals surface area contributed by atoms with Gasteiger partial charge in [-0.2, -0.15) is 0 Å². The fraction of sp³-hybridized carbons (Fsp3) is 0.300. The van der Waals surface area contributed by atoms with Gasteiger partial charge in [-0.1, -0.05) is 0 Å². The van der Waals surface area contributed by atoms with E-state index in [0.717, 1.165) is 0 Å². The summed E-state index contributed by atoms with van der Waals surface area (Å²) in [6.45, 7) is 7.34. The van der Waals surface area contributed by atoms with Crippen molar-refractivity contribution >= 4 is 40.3 Å². The predicted octanol–water partition coefficient (Wildman–Crippen LogP) is 5.10. The Morgan fingerprint density at radius 2 is 1.55 bits per heavy atom. The normalized spacial score (nSPS) is 12.4. The molecule has 2 aromatic rings. The van der Waals surface area contributed by atoms with Crippen molar-refractivity contribution in [2.75, 3.05) is 0 Å². The Morgan fingerprint density at radius 3 is 2.14 bits per heavy atom. The van der Waals surface area contributed by atoms with Crippen molar-refractivity contribution in [2.45, 2.75) is 37.3 Å². The summed E-state index contributed by atoms with van der Waals surface area (Å²) in [6, 6.07) is 22.0. The molecule has 116 valence electrons. The van der Waals surface area contributed by atoms with Crippen LogP contribution < -0.4 is 5.19 Å². The number of benzene rings is 2. The Balaban J connectivity index is 2.33. The van der Waals surface area contributed by atoms with Gasteiger partial charge in [0.1, 0.15) is 0 Å². The van der Waals surface area contributed by atoms with Gasteiger partial charge >= 0.3 is 147 Å². The molecule has 0 amide bonds. The molecule has 0 spiro atoms. The number of hydrogen-bond acceptors (Lipinski definition) is 0. The van der Waals surface area contributed by atoms with Crippen LogP contribution in [0, 0.1) is 0 Å². The Labute approximate surface area is 146 Å². The zero-order chi connectivity index (χ0) is 15.8. The van der Waals surface area contributed by atoms with Crippen LogP contribution in [0.3, 0.4) is 0 Å². The van der Waals surface area contributed by atoms with Crippen molar-refractivity contribution in [3.8, 4) is 0 Å². The van der Waals surface area contributed by atoms with Gasteiger partial charge in [0, 0.05) is 0 Å². The van der Waals surface area contributed by atoms with Crippen molar-refractivity contribution < 1.29 is 0 Å². The third-order valence-electron chi connectivity index (χ3n) is 3.96. The van der Waals surface area contributed by atoms with Crippen molar-refractivity contribution in [3.63, 3.8) is 0 Å². The zero-order valence-corrected chi connectivity index (χ0v) is 17.2. The minimum absolute atomic E-state index is 0.0658. The van der Waals surface area contributed by atoms with Crippen LogP contribution in [0.15, 0.2) is 63.9 Å². The maximum absolute atomic E-state index is 2.52. The number of hydrogen-bond donors (Lipinski definition) is 0. The van der Waals surface area contributed by atoms with Crippen LogP contribution in [0.25, 0.3) is 6.08 Å². The molecule has 0 saturated heterocycles. The molecule has 0 aliphatic heterocycles. The Bertz CT molecular complexity index is 588. The van der Waals surface area contributed by atoms with Gasteiger partial charge in [0.05, 0.1) is 0 Å². The number of unbranched alkanes of at least 4 members (excludes halogenated alkanes) is 1. The molecule has 0 saturated carbocycles. The summed E-state index contributed by atoms with van der Waals surface area (Å²) in [5.74, 6) is 0. The molecule has 2 heteroatoms. The maximum atomic E-state index is 2.52. The van der Waals surface area contributed by atoms with Gasteiger partial charge in [0.25, 0.3) is 0 Å². The summed E-state index contributed by atoms with van der Waals surface area (Å²) < 4.78 is 3.23. The summed E-state index contributed by atoms with van der Waals surface area (Å²) in [4.78, 5) is 0. The van der Waals surface area contributed by atoms with Crippen molar-refractivity contribution in [1.29, 1.82) is 0 Å². The van der Waals surface area contributed by atoms with Crippen molar-refractivity contribution in [3.05, 3.63) is 69.5 Å². The molecule has 0 fully saturated rings. The standard InChI is InChI=1S/C20H26SiTe/c1-4-5-16-22-20(17-18-12-8-6-9-13-18)21(2,3)19-14-10-7-11-15-19/h6-15,17H,4-5,16H2,1-3H3/b20-17+. The van der Waals surface area contributed by atoms with E-state index in [2.05, 4.69) is 86.8 Å². The fourth-order valence-electron chi connectivity index (χ4n) is 2.43. The van der Waals surface area contributed by atoms with Crippen molar-refractivity contribution in [2.24, 2.45) is 0 Å². The van der Waals surface area contributed by atoms with E-state index in [4.69, 9.17) is 0 Å². The van der Waals surface area contributed by atoms with Gasteiger partial charge in [0.2, 0.25) is 0 Å². The molecule has 0 aliphatic rings. The first kappa shape index (κ1) is 17.5. The molecule has 0 N–H and O–H groups in total. The van der Waals surface area contributed by atoms with E-state index >= 15 is 0 Å². The minimum atomic E-state index is -1.52. The Hall–Kier alpha value is -0.814. The third kappa shape index (κ3) is 4.85. The van der Waals surface area contributed by atoms with E-state index in [-0.39, 0.29) is 20.9 Å². The molecule has 0 unspecified atom stereocenters. The van der Waals surface area contributed by atoms with Crippen LogP contribution in [0.4, 0.5) is 0 Å². The van der Waals surface area contributed by atoms with Gasteiger partial charge in [-0.05, 0) is 0 Å². The van der Waals surface area contributed by atoms with Crippen LogP contribution in [0.1, 0.15) is 25.3 Å². The molecule has 0 atom stereocenters. The summed E-state index contributed by atoms with van der Waals surface area (Å²) in [7, 11) is -1.52. The van der Waals surface area contributed by atoms with Crippen LogP contribution in [-0.4, -0.2) is 29.0 Å². The van der Waals surface area contributed by atoms with Gasteiger partial charge < -0.3 is 0 Å². The monoisotopic (exact) mass is 424 g/mol. The molecule has 0 heterocycles. The molecule has 0 bridgehead atoms. The van der Waals surface area contributed by atoms with E-state index in [1.807, 2.05) is 0 Å². The van der Waals surface area contributed by atoms with Gasteiger partial charge in [-0.25, -0.2) is 0 Å². The van der Waals surface area contributed by atoms with E-state index < -0.39 is 8.07 Å². The van der Waals surface area contributed by atoms with Crippen LogP contribution in [-0.2, 0) is 0 Å². The molecule has 0 aromatic heterocycles. The first-order valence-corrected chi connectivity index (χ1v) is 13.9. The molecular weight excluding hydrogens is 396 g/mol. The first-order chi connectivity index (χ1) is 10.6. The quantitative estimate of drug-likeness (QED) is 0.430. The molecule has 2 aromatic carbocycles. The van der Waals surface area contributed by atoms with E-state index in [1.165, 1.54) is 22.9 Å².